The van der Waals surface area contributed by atoms with Gasteiger partial charge in [-0.3, -0.25) is 0 Å². The average Bonchev–Trinajstić information content (AvgIpc) is 2.78. The number of rotatable bonds is 6. The fraction of sp³-hybridized carbons (Fsp3) is 0.500. The minimum absolute atomic E-state index is 0.0123. The van der Waals surface area contributed by atoms with Gasteiger partial charge in [-0.25, -0.2) is 8.42 Å². The molecule has 2 heterocycles. The smallest absolute Gasteiger partial charge is 0.185 e. The van der Waals surface area contributed by atoms with E-state index in [9.17, 15) is 8.42 Å². The number of aryl methyl sites for hydroxylation is 1. The van der Waals surface area contributed by atoms with Gasteiger partial charge in [-0.15, -0.1) is 0 Å². The Balaban J connectivity index is 1.76. The summed E-state index contributed by atoms with van der Waals surface area (Å²) in [5, 5.41) is 2.43. The second-order valence-electron chi connectivity index (χ2n) is 8.63. The van der Waals surface area contributed by atoms with Crippen LogP contribution < -0.4 is 5.32 Å². The van der Waals surface area contributed by atoms with E-state index >= 15 is 0 Å². The monoisotopic (exact) mass is 461 g/mol. The molecule has 0 aromatic heterocycles. The van der Waals surface area contributed by atoms with Crippen LogP contribution >= 0.6 is 0 Å². The molecule has 7 nitrogen and oxygen atoms in total. The van der Waals surface area contributed by atoms with Gasteiger partial charge in [0.05, 0.1) is 17.5 Å². The zero-order valence-corrected chi connectivity index (χ0v) is 19.6. The van der Waals surface area contributed by atoms with Crippen molar-refractivity contribution in [2.45, 2.75) is 67.8 Å². The summed E-state index contributed by atoms with van der Waals surface area (Å²) in [4.78, 5) is 0.255. The van der Waals surface area contributed by atoms with E-state index < -0.39 is 45.9 Å². The molecule has 8 heteroatoms. The van der Waals surface area contributed by atoms with E-state index in [0.29, 0.717) is 0 Å². The fourth-order valence-corrected chi connectivity index (χ4v) is 6.38. The van der Waals surface area contributed by atoms with E-state index in [0.717, 1.165) is 11.1 Å². The number of hydrogen-bond donors (Lipinski definition) is 1. The molecule has 2 aromatic carbocycles. The third-order valence-corrected chi connectivity index (χ3v) is 8.08. The maximum absolute atomic E-state index is 14.0. The van der Waals surface area contributed by atoms with Crippen molar-refractivity contribution >= 4 is 9.84 Å². The van der Waals surface area contributed by atoms with Crippen LogP contribution in [-0.4, -0.2) is 58.0 Å². The maximum atomic E-state index is 14.0. The molecular weight excluding hydrogens is 430 g/mol. The lowest BCUT2D eigenvalue weighted by Gasteiger charge is -2.49. The number of nitrogens with one attached hydrogen (secondary N) is 1. The Morgan fingerprint density at radius 2 is 1.72 bits per heavy atom. The lowest BCUT2D eigenvalue weighted by Crippen LogP contribution is -2.68. The normalized spacial score (nSPS) is 30.8. The Bertz CT molecular complexity index is 995. The molecule has 0 amide bonds. The van der Waals surface area contributed by atoms with Crippen molar-refractivity contribution in [2.24, 2.45) is 0 Å². The highest BCUT2D eigenvalue weighted by molar-refractivity contribution is 7.92. The van der Waals surface area contributed by atoms with Gasteiger partial charge in [0.2, 0.25) is 0 Å². The minimum atomic E-state index is -3.80. The van der Waals surface area contributed by atoms with Crippen molar-refractivity contribution < 1.29 is 27.4 Å². The second kappa shape index (κ2) is 9.59. The molecule has 2 fully saturated rings. The van der Waals surface area contributed by atoms with E-state index in [4.69, 9.17) is 18.9 Å². The van der Waals surface area contributed by atoms with Gasteiger partial charge >= 0.3 is 0 Å². The van der Waals surface area contributed by atoms with Gasteiger partial charge in [0.15, 0.2) is 22.4 Å². The molecule has 0 radical (unpaired) electrons. The van der Waals surface area contributed by atoms with Gasteiger partial charge in [0, 0.05) is 18.7 Å². The Morgan fingerprint density at radius 3 is 2.34 bits per heavy atom. The van der Waals surface area contributed by atoms with Crippen LogP contribution in [0.3, 0.4) is 0 Å². The molecule has 2 aromatic rings. The third-order valence-electron chi connectivity index (χ3n) is 5.88. The van der Waals surface area contributed by atoms with E-state index in [1.54, 1.807) is 24.3 Å². The number of sulfone groups is 1. The van der Waals surface area contributed by atoms with Crippen molar-refractivity contribution in [1.82, 2.24) is 5.32 Å². The molecular formula is C24H31NO6S. The van der Waals surface area contributed by atoms with Crippen LogP contribution in [0.5, 0.6) is 0 Å². The zero-order chi connectivity index (χ0) is 22.9. The first-order chi connectivity index (χ1) is 15.3. The number of benzene rings is 2. The number of fused-ring (bicyclic) bond motifs is 1. The SMILES string of the molecule is CO[C@H]1O[C@@H]2CO[C@@H](c3ccccc3)O[C@H]2[C@H](S(=O)(=O)c2ccc(C)cc2)[C@H]1NC(C)C. The zero-order valence-electron chi connectivity index (χ0n) is 18.8. The predicted octanol–water partition coefficient (Wildman–Crippen LogP) is 2.99. The second-order valence-corrected chi connectivity index (χ2v) is 10.7. The van der Waals surface area contributed by atoms with Gasteiger partial charge in [-0.2, -0.15) is 0 Å². The highest BCUT2D eigenvalue weighted by atomic mass is 32.2. The molecule has 0 bridgehead atoms. The van der Waals surface area contributed by atoms with Crippen molar-refractivity contribution in [3.8, 4) is 0 Å². The summed E-state index contributed by atoms with van der Waals surface area (Å²) < 4.78 is 51.9. The van der Waals surface area contributed by atoms with E-state index in [2.05, 4.69) is 5.32 Å². The molecule has 6 atom stereocenters. The topological polar surface area (TPSA) is 83.1 Å². The quantitative estimate of drug-likeness (QED) is 0.708. The Morgan fingerprint density at radius 1 is 1.03 bits per heavy atom. The van der Waals surface area contributed by atoms with Crippen LogP contribution in [0.2, 0.25) is 0 Å². The van der Waals surface area contributed by atoms with Crippen molar-refractivity contribution in [2.75, 3.05) is 13.7 Å². The summed E-state index contributed by atoms with van der Waals surface area (Å²) in [5.74, 6) is 0. The molecule has 0 unspecified atom stereocenters. The third kappa shape index (κ3) is 4.62. The average molecular weight is 462 g/mol. The Labute approximate surface area is 189 Å². The van der Waals surface area contributed by atoms with Crippen LogP contribution in [0.15, 0.2) is 59.5 Å². The molecule has 2 aliphatic heterocycles. The van der Waals surface area contributed by atoms with Crippen LogP contribution in [0.1, 0.15) is 31.3 Å². The van der Waals surface area contributed by atoms with Gasteiger partial charge in [-0.05, 0) is 19.1 Å². The Hall–Kier alpha value is -1.81. The van der Waals surface area contributed by atoms with E-state index in [-0.39, 0.29) is 17.5 Å². The highest BCUT2D eigenvalue weighted by Gasteiger charge is 2.55. The molecule has 2 saturated heterocycles. The van der Waals surface area contributed by atoms with Crippen LogP contribution in [0.4, 0.5) is 0 Å². The lowest BCUT2D eigenvalue weighted by atomic mass is 9.97. The van der Waals surface area contributed by atoms with Gasteiger partial charge in [0.25, 0.3) is 0 Å². The van der Waals surface area contributed by atoms with Gasteiger partial charge in [0.1, 0.15) is 17.5 Å². The fourth-order valence-electron chi connectivity index (χ4n) is 4.37. The highest BCUT2D eigenvalue weighted by Crippen LogP contribution is 2.38. The first-order valence-electron chi connectivity index (χ1n) is 10.9. The predicted molar refractivity (Wildman–Crippen MR) is 120 cm³/mol. The summed E-state index contributed by atoms with van der Waals surface area (Å²) in [6.45, 7) is 6.06. The van der Waals surface area contributed by atoms with Crippen molar-refractivity contribution in [1.29, 1.82) is 0 Å². The molecule has 174 valence electrons. The standard InChI is InChI=1S/C24H31NO6S/c1-15(2)25-20-22(32(26,27)18-12-10-16(3)11-13-18)21-19(30-24(20)28-4)14-29-23(31-21)17-8-6-5-7-9-17/h5-13,15,19-25H,14H2,1-4H3/t19-,20-,21-,22-,23-,24+/m1/s1. The van der Waals surface area contributed by atoms with Gasteiger partial charge in [-0.1, -0.05) is 61.9 Å². The Kier molecular flexibility index (Phi) is 7.00. The van der Waals surface area contributed by atoms with Crippen molar-refractivity contribution in [3.05, 3.63) is 65.7 Å². The minimum Gasteiger partial charge on any atom is -0.354 e. The van der Waals surface area contributed by atoms with Crippen LogP contribution in [0, 0.1) is 6.92 Å². The molecule has 32 heavy (non-hydrogen) atoms. The lowest BCUT2D eigenvalue weighted by molar-refractivity contribution is -0.317. The van der Waals surface area contributed by atoms with Crippen molar-refractivity contribution in [3.63, 3.8) is 0 Å². The van der Waals surface area contributed by atoms with Crippen LogP contribution in [-0.2, 0) is 28.8 Å². The van der Waals surface area contributed by atoms with E-state index in [1.165, 1.54) is 7.11 Å². The summed E-state index contributed by atoms with van der Waals surface area (Å²) in [7, 11) is -2.27. The first kappa shape index (κ1) is 23.4. The summed E-state index contributed by atoms with van der Waals surface area (Å²) >= 11 is 0. The first-order valence-corrected chi connectivity index (χ1v) is 12.4. The molecule has 2 aliphatic rings. The summed E-state index contributed by atoms with van der Waals surface area (Å²) in [5.41, 5.74) is 1.83. The molecule has 0 saturated carbocycles. The molecule has 4 rings (SSSR count). The molecule has 1 N–H and O–H groups in total. The van der Waals surface area contributed by atoms with Gasteiger partial charge < -0.3 is 24.3 Å². The number of methoxy groups -OCH3 is 1. The number of ether oxygens (including phenoxy) is 4. The molecule has 0 aliphatic carbocycles. The van der Waals surface area contributed by atoms with E-state index in [1.807, 2.05) is 51.1 Å². The largest absolute Gasteiger partial charge is 0.354 e. The number of hydrogen-bond acceptors (Lipinski definition) is 7. The summed E-state index contributed by atoms with van der Waals surface area (Å²) in [6, 6.07) is 15.8. The summed E-state index contributed by atoms with van der Waals surface area (Å²) in [6.07, 6.45) is -2.74. The molecule has 0 spiro atoms. The maximum Gasteiger partial charge on any atom is 0.185 e. The van der Waals surface area contributed by atoms with Crippen LogP contribution in [0.25, 0.3) is 0 Å².